The predicted molar refractivity (Wildman–Crippen MR) is 117 cm³/mol. The van der Waals surface area contributed by atoms with Gasteiger partial charge in [0.15, 0.2) is 11.6 Å². The lowest BCUT2D eigenvalue weighted by Gasteiger charge is -2.28. The molecule has 0 aromatic heterocycles. The van der Waals surface area contributed by atoms with Gasteiger partial charge in [0.05, 0.1) is 18.6 Å². The number of hydrogen-bond donors (Lipinski definition) is 4. The molecule has 33 heavy (non-hydrogen) atoms. The average molecular weight is 468 g/mol. The van der Waals surface area contributed by atoms with Crippen LogP contribution in [0.1, 0.15) is 53.0 Å². The van der Waals surface area contributed by atoms with Crippen molar-refractivity contribution < 1.29 is 44.0 Å². The number of hydrogen-bond acceptors (Lipinski definition) is 9. The Morgan fingerprint density at radius 1 is 1.03 bits per heavy atom. The van der Waals surface area contributed by atoms with E-state index >= 15 is 0 Å². The number of amides is 1. The summed E-state index contributed by atoms with van der Waals surface area (Å²) in [5, 5.41) is 32.5. The van der Waals surface area contributed by atoms with E-state index in [1.807, 2.05) is 0 Å². The summed E-state index contributed by atoms with van der Waals surface area (Å²) in [6.07, 6.45) is -5.18. The summed E-state index contributed by atoms with van der Waals surface area (Å²) in [7, 11) is 0. The van der Waals surface area contributed by atoms with Gasteiger partial charge in [-0.25, -0.2) is 9.59 Å². The van der Waals surface area contributed by atoms with Gasteiger partial charge in [-0.15, -0.1) is 0 Å². The zero-order chi connectivity index (χ0) is 25.4. The smallest absolute Gasteiger partial charge is 0.408 e. The van der Waals surface area contributed by atoms with Gasteiger partial charge >= 0.3 is 12.1 Å². The highest BCUT2D eigenvalue weighted by Crippen LogP contribution is 2.21. The van der Waals surface area contributed by atoms with Crippen LogP contribution < -0.4 is 5.32 Å². The average Bonchev–Trinajstić information content (AvgIpc) is 2.69. The molecule has 0 aliphatic heterocycles. The molecule has 0 saturated heterocycles. The molecule has 0 spiro atoms. The van der Waals surface area contributed by atoms with Crippen molar-refractivity contribution in [2.45, 2.75) is 83.5 Å². The maximum absolute atomic E-state index is 13.0. The Hall–Kier alpha value is -2.82. The SMILES string of the molecule is CC(O)CC(O)C(=O)CC(O)(C(=O)OCc1ccccc1)C(=O)[C@H](C)NC(=O)OC(C)(C)C. The van der Waals surface area contributed by atoms with Gasteiger partial charge in [0.1, 0.15) is 18.3 Å². The van der Waals surface area contributed by atoms with Gasteiger partial charge in [-0.2, -0.15) is 0 Å². The van der Waals surface area contributed by atoms with Crippen LogP contribution in [-0.2, 0) is 30.5 Å². The molecule has 0 saturated carbocycles. The Bertz CT molecular complexity index is 832. The second-order valence-corrected chi connectivity index (χ2v) is 8.90. The number of esters is 1. The first kappa shape index (κ1) is 28.2. The number of nitrogens with one attached hydrogen (secondary N) is 1. The van der Waals surface area contributed by atoms with Crippen molar-refractivity contribution in [3.63, 3.8) is 0 Å². The fourth-order valence-electron chi connectivity index (χ4n) is 2.83. The molecule has 1 rings (SSSR count). The number of carbonyl (C=O) groups excluding carboxylic acids is 4. The van der Waals surface area contributed by atoms with Crippen molar-refractivity contribution in [3.05, 3.63) is 35.9 Å². The van der Waals surface area contributed by atoms with Crippen LogP contribution in [0.3, 0.4) is 0 Å². The van der Waals surface area contributed by atoms with E-state index in [2.05, 4.69) is 5.32 Å². The van der Waals surface area contributed by atoms with Gasteiger partial charge < -0.3 is 30.1 Å². The van der Waals surface area contributed by atoms with Crippen molar-refractivity contribution in [1.82, 2.24) is 5.32 Å². The highest BCUT2D eigenvalue weighted by molar-refractivity contribution is 6.12. The van der Waals surface area contributed by atoms with E-state index in [0.717, 1.165) is 0 Å². The van der Waals surface area contributed by atoms with Gasteiger partial charge in [0.25, 0.3) is 0 Å². The third kappa shape index (κ3) is 9.29. The van der Waals surface area contributed by atoms with Gasteiger partial charge in [-0.3, -0.25) is 9.59 Å². The highest BCUT2D eigenvalue weighted by Gasteiger charge is 2.50. The minimum absolute atomic E-state index is 0.284. The molecule has 10 nitrogen and oxygen atoms in total. The Morgan fingerprint density at radius 2 is 1.61 bits per heavy atom. The summed E-state index contributed by atoms with van der Waals surface area (Å²) in [6.45, 7) is 7.09. The lowest BCUT2D eigenvalue weighted by molar-refractivity contribution is -0.175. The third-order valence-corrected chi connectivity index (χ3v) is 4.45. The zero-order valence-corrected chi connectivity index (χ0v) is 19.5. The molecule has 184 valence electrons. The number of Topliss-reactive ketones (excluding diaryl/α,β-unsaturated/α-hetero) is 2. The molecule has 0 fully saturated rings. The normalized spacial score (nSPS) is 16.0. The van der Waals surface area contributed by atoms with Crippen molar-refractivity contribution in [3.8, 4) is 0 Å². The van der Waals surface area contributed by atoms with Gasteiger partial charge in [0, 0.05) is 6.42 Å². The second kappa shape index (κ2) is 11.9. The van der Waals surface area contributed by atoms with Crippen LogP contribution in [0.25, 0.3) is 0 Å². The number of carbonyl (C=O) groups is 4. The standard InChI is InChI=1S/C23H33NO9/c1-14(25)11-17(26)18(27)12-23(31,20(29)32-13-16-9-7-6-8-10-16)19(28)15(2)24-21(30)33-22(3,4)5/h6-10,14-15,17,25-26,31H,11-13H2,1-5H3,(H,24,30)/t14?,15-,17?,23?/m0/s1. The van der Waals surface area contributed by atoms with E-state index in [9.17, 15) is 34.5 Å². The maximum Gasteiger partial charge on any atom is 0.408 e. The number of benzene rings is 1. The number of aliphatic hydroxyl groups excluding tert-OH is 2. The molecule has 1 aromatic carbocycles. The number of alkyl carbamates (subject to hydrolysis) is 1. The minimum atomic E-state index is -2.99. The molecule has 1 amide bonds. The van der Waals surface area contributed by atoms with E-state index < -0.39 is 59.5 Å². The fraction of sp³-hybridized carbons (Fsp3) is 0.565. The zero-order valence-electron chi connectivity index (χ0n) is 19.5. The van der Waals surface area contributed by atoms with E-state index in [1.165, 1.54) is 13.8 Å². The predicted octanol–water partition coefficient (Wildman–Crippen LogP) is 1.03. The number of ether oxygens (including phenoxy) is 2. The van der Waals surface area contributed by atoms with Crippen LogP contribution in [0.5, 0.6) is 0 Å². The molecule has 0 bridgehead atoms. The maximum atomic E-state index is 13.0. The largest absolute Gasteiger partial charge is 0.458 e. The Labute approximate surface area is 192 Å². The second-order valence-electron chi connectivity index (χ2n) is 8.90. The molecule has 1 aromatic rings. The summed E-state index contributed by atoms with van der Waals surface area (Å²) < 4.78 is 10.1. The van der Waals surface area contributed by atoms with Crippen LogP contribution in [-0.4, -0.2) is 68.4 Å². The van der Waals surface area contributed by atoms with Gasteiger partial charge in [0.2, 0.25) is 5.60 Å². The molecule has 0 aliphatic carbocycles. The highest BCUT2D eigenvalue weighted by atomic mass is 16.6. The first-order valence-electron chi connectivity index (χ1n) is 10.5. The lowest BCUT2D eigenvalue weighted by Crippen LogP contribution is -2.57. The molecular formula is C23H33NO9. The van der Waals surface area contributed by atoms with Crippen molar-refractivity contribution in [1.29, 1.82) is 0 Å². The van der Waals surface area contributed by atoms with E-state index in [0.29, 0.717) is 5.56 Å². The van der Waals surface area contributed by atoms with Gasteiger partial charge in [-0.05, 0) is 40.2 Å². The summed E-state index contributed by atoms with van der Waals surface area (Å²) in [4.78, 5) is 50.2. The molecule has 0 radical (unpaired) electrons. The van der Waals surface area contributed by atoms with Crippen molar-refractivity contribution >= 4 is 23.6 Å². The van der Waals surface area contributed by atoms with Crippen molar-refractivity contribution in [2.75, 3.05) is 0 Å². The molecular weight excluding hydrogens is 434 g/mol. The Kier molecular flexibility index (Phi) is 10.1. The minimum Gasteiger partial charge on any atom is -0.458 e. The fourth-order valence-corrected chi connectivity index (χ4v) is 2.83. The van der Waals surface area contributed by atoms with Crippen molar-refractivity contribution in [2.24, 2.45) is 0 Å². The summed E-state index contributed by atoms with van der Waals surface area (Å²) >= 11 is 0. The summed E-state index contributed by atoms with van der Waals surface area (Å²) in [6, 6.07) is 7.01. The number of rotatable bonds is 11. The van der Waals surface area contributed by atoms with Crippen LogP contribution in [0.15, 0.2) is 30.3 Å². The summed E-state index contributed by atoms with van der Waals surface area (Å²) in [5.74, 6) is -3.68. The number of aliphatic hydroxyl groups is 3. The van der Waals surface area contributed by atoms with Crippen LogP contribution >= 0.6 is 0 Å². The quantitative estimate of drug-likeness (QED) is 0.275. The molecule has 0 heterocycles. The van der Waals surface area contributed by atoms with Gasteiger partial charge in [-0.1, -0.05) is 30.3 Å². The molecule has 0 aliphatic rings. The Morgan fingerprint density at radius 3 is 2.12 bits per heavy atom. The van der Waals surface area contributed by atoms with E-state index in [4.69, 9.17) is 9.47 Å². The first-order valence-corrected chi connectivity index (χ1v) is 10.5. The van der Waals surface area contributed by atoms with Crippen LogP contribution in [0.4, 0.5) is 4.79 Å². The summed E-state index contributed by atoms with van der Waals surface area (Å²) in [5.41, 5.74) is -3.28. The number of ketones is 2. The van der Waals surface area contributed by atoms with E-state index in [1.54, 1.807) is 51.1 Å². The van der Waals surface area contributed by atoms with E-state index in [-0.39, 0.29) is 13.0 Å². The molecule has 4 atom stereocenters. The van der Waals surface area contributed by atoms with Crippen LogP contribution in [0, 0.1) is 0 Å². The van der Waals surface area contributed by atoms with Crippen LogP contribution in [0.2, 0.25) is 0 Å². The molecule has 10 heteroatoms. The third-order valence-electron chi connectivity index (χ3n) is 4.45. The molecule has 4 N–H and O–H groups in total. The topological polar surface area (TPSA) is 159 Å². The monoisotopic (exact) mass is 467 g/mol. The Balaban J connectivity index is 3.08. The molecule has 3 unspecified atom stereocenters. The first-order chi connectivity index (χ1) is 15.2. The lowest BCUT2D eigenvalue weighted by atomic mass is 9.86.